The molecule has 0 spiro atoms. The molecule has 1 amide bonds. The van der Waals surface area contributed by atoms with Crippen molar-refractivity contribution in [2.75, 3.05) is 0 Å². The first-order valence-corrected chi connectivity index (χ1v) is 4.88. The predicted octanol–water partition coefficient (Wildman–Crippen LogP) is 1.37. The molecule has 0 aliphatic rings. The number of nitrogens with two attached hydrogens (primary N) is 1. The lowest BCUT2D eigenvalue weighted by atomic mass is 10.2. The zero-order chi connectivity index (χ0) is 12.3. The molecule has 0 radical (unpaired) electrons. The number of halogens is 2. The number of hydrogen-bond acceptors (Lipinski definition) is 2. The van der Waals surface area contributed by atoms with Crippen LogP contribution in [0.15, 0.2) is 18.2 Å². The molecule has 0 aliphatic heterocycles. The van der Waals surface area contributed by atoms with E-state index in [-0.39, 0.29) is 10.6 Å². The molecule has 86 valence electrons. The van der Waals surface area contributed by atoms with Crippen molar-refractivity contribution in [3.05, 3.63) is 35.4 Å². The van der Waals surface area contributed by atoms with Gasteiger partial charge in [-0.15, -0.1) is 0 Å². The highest BCUT2D eigenvalue weighted by Crippen LogP contribution is 2.09. The molecule has 0 heterocycles. The van der Waals surface area contributed by atoms with Crippen LogP contribution in [0, 0.1) is 11.6 Å². The van der Waals surface area contributed by atoms with Crippen LogP contribution >= 0.6 is 12.2 Å². The minimum Gasteiger partial charge on any atom is -0.392 e. The molecule has 0 bridgehead atoms. The Balaban J connectivity index is 2.88. The van der Waals surface area contributed by atoms with Gasteiger partial charge in [0.1, 0.15) is 11.6 Å². The summed E-state index contributed by atoms with van der Waals surface area (Å²) >= 11 is 4.64. The second kappa shape index (κ2) is 4.98. The minimum atomic E-state index is -0.797. The maximum Gasteiger partial charge on any atom is 0.254 e. The van der Waals surface area contributed by atoms with Crippen molar-refractivity contribution in [3.8, 4) is 0 Å². The number of benzene rings is 1. The lowest BCUT2D eigenvalue weighted by molar-refractivity contribution is 0.0945. The maximum atomic E-state index is 13.2. The van der Waals surface area contributed by atoms with Gasteiger partial charge in [-0.25, -0.2) is 8.78 Å². The van der Waals surface area contributed by atoms with Crippen molar-refractivity contribution in [2.24, 2.45) is 5.73 Å². The molecule has 1 aromatic carbocycles. The molecule has 0 aliphatic carbocycles. The van der Waals surface area contributed by atoms with Gasteiger partial charge in [0.25, 0.3) is 5.91 Å². The summed E-state index contributed by atoms with van der Waals surface area (Å²) in [5, 5.41) is 2.35. The lowest BCUT2D eigenvalue weighted by Crippen LogP contribution is -2.41. The normalized spacial score (nSPS) is 11.9. The van der Waals surface area contributed by atoms with Gasteiger partial charge in [0.15, 0.2) is 0 Å². The van der Waals surface area contributed by atoms with E-state index in [1.54, 1.807) is 6.92 Å². The van der Waals surface area contributed by atoms with Gasteiger partial charge in [0.05, 0.1) is 16.6 Å². The third-order valence-corrected chi connectivity index (χ3v) is 2.30. The Morgan fingerprint density at radius 2 is 2.12 bits per heavy atom. The van der Waals surface area contributed by atoms with E-state index in [2.05, 4.69) is 17.5 Å². The Hall–Kier alpha value is -1.56. The Morgan fingerprint density at radius 3 is 2.69 bits per heavy atom. The molecule has 0 saturated carbocycles. The first kappa shape index (κ1) is 12.5. The molecular formula is C10H10F2N2OS. The van der Waals surface area contributed by atoms with Crippen LogP contribution in [-0.4, -0.2) is 16.9 Å². The third-order valence-electron chi connectivity index (χ3n) is 1.95. The zero-order valence-corrected chi connectivity index (χ0v) is 9.28. The average molecular weight is 244 g/mol. The van der Waals surface area contributed by atoms with Crippen molar-refractivity contribution in [1.82, 2.24) is 5.32 Å². The van der Waals surface area contributed by atoms with E-state index >= 15 is 0 Å². The van der Waals surface area contributed by atoms with Gasteiger partial charge >= 0.3 is 0 Å². The van der Waals surface area contributed by atoms with Gasteiger partial charge in [-0.2, -0.15) is 0 Å². The molecule has 0 fully saturated rings. The van der Waals surface area contributed by atoms with E-state index < -0.39 is 23.6 Å². The summed E-state index contributed by atoms with van der Waals surface area (Å²) in [6, 6.07) is 2.06. The van der Waals surface area contributed by atoms with Gasteiger partial charge in [-0.05, 0) is 25.1 Å². The van der Waals surface area contributed by atoms with Crippen LogP contribution in [0.2, 0.25) is 0 Å². The molecule has 1 aromatic rings. The van der Waals surface area contributed by atoms with Crippen LogP contribution < -0.4 is 11.1 Å². The highest BCUT2D eigenvalue weighted by Gasteiger charge is 2.15. The van der Waals surface area contributed by atoms with E-state index in [0.29, 0.717) is 0 Å². The van der Waals surface area contributed by atoms with Crippen molar-refractivity contribution >= 4 is 23.1 Å². The molecular weight excluding hydrogens is 234 g/mol. The fourth-order valence-corrected chi connectivity index (χ4v) is 1.08. The van der Waals surface area contributed by atoms with E-state index in [1.807, 2.05) is 0 Å². The SMILES string of the molecule is CC(NC(=O)c1cc(F)ccc1F)C(N)=S. The van der Waals surface area contributed by atoms with Crippen LogP contribution in [0.3, 0.4) is 0 Å². The maximum absolute atomic E-state index is 13.2. The van der Waals surface area contributed by atoms with Crippen molar-refractivity contribution in [1.29, 1.82) is 0 Å². The standard InChI is InChI=1S/C10H10F2N2OS/c1-5(9(13)16)14-10(15)7-4-6(11)2-3-8(7)12/h2-5H,1H3,(H2,13,16)(H,14,15). The van der Waals surface area contributed by atoms with Crippen LogP contribution in [0.1, 0.15) is 17.3 Å². The number of carbonyl (C=O) groups is 1. The summed E-state index contributed by atoms with van der Waals surface area (Å²) in [6.45, 7) is 1.55. The summed E-state index contributed by atoms with van der Waals surface area (Å²) in [7, 11) is 0. The molecule has 3 N–H and O–H groups in total. The highest BCUT2D eigenvalue weighted by atomic mass is 32.1. The minimum absolute atomic E-state index is 0.0742. The van der Waals surface area contributed by atoms with Crippen LogP contribution in [0.5, 0.6) is 0 Å². The first-order valence-electron chi connectivity index (χ1n) is 4.47. The van der Waals surface area contributed by atoms with Crippen molar-refractivity contribution in [2.45, 2.75) is 13.0 Å². The van der Waals surface area contributed by atoms with Gasteiger partial charge in [-0.3, -0.25) is 4.79 Å². The number of carbonyl (C=O) groups excluding carboxylic acids is 1. The van der Waals surface area contributed by atoms with Gasteiger partial charge in [-0.1, -0.05) is 12.2 Å². The predicted molar refractivity (Wildman–Crippen MR) is 60.1 cm³/mol. The highest BCUT2D eigenvalue weighted by molar-refractivity contribution is 7.80. The van der Waals surface area contributed by atoms with Gasteiger partial charge in [0.2, 0.25) is 0 Å². The molecule has 1 rings (SSSR count). The number of hydrogen-bond donors (Lipinski definition) is 2. The average Bonchev–Trinajstić information content (AvgIpc) is 2.21. The smallest absolute Gasteiger partial charge is 0.254 e. The summed E-state index contributed by atoms with van der Waals surface area (Å²) < 4.78 is 26.0. The number of nitrogens with one attached hydrogen (secondary N) is 1. The summed E-state index contributed by atoms with van der Waals surface area (Å²) in [5.74, 6) is -2.24. The summed E-state index contributed by atoms with van der Waals surface area (Å²) in [5.41, 5.74) is 4.91. The molecule has 0 saturated heterocycles. The number of amides is 1. The molecule has 0 aromatic heterocycles. The number of rotatable bonds is 3. The second-order valence-electron chi connectivity index (χ2n) is 3.22. The molecule has 1 unspecified atom stereocenters. The fraction of sp³-hybridized carbons (Fsp3) is 0.200. The fourth-order valence-electron chi connectivity index (χ4n) is 1.02. The van der Waals surface area contributed by atoms with Gasteiger partial charge < -0.3 is 11.1 Å². The zero-order valence-electron chi connectivity index (χ0n) is 8.46. The molecule has 6 heteroatoms. The van der Waals surface area contributed by atoms with Crippen LogP contribution in [-0.2, 0) is 0 Å². The van der Waals surface area contributed by atoms with E-state index in [0.717, 1.165) is 18.2 Å². The Labute approximate surface area is 96.6 Å². The molecule has 1 atom stereocenters. The quantitative estimate of drug-likeness (QED) is 0.789. The van der Waals surface area contributed by atoms with Crippen LogP contribution in [0.4, 0.5) is 8.78 Å². The first-order chi connectivity index (χ1) is 7.41. The van der Waals surface area contributed by atoms with Crippen molar-refractivity contribution in [3.63, 3.8) is 0 Å². The third kappa shape index (κ3) is 2.96. The monoisotopic (exact) mass is 244 g/mol. The largest absolute Gasteiger partial charge is 0.392 e. The molecule has 16 heavy (non-hydrogen) atoms. The van der Waals surface area contributed by atoms with E-state index in [1.165, 1.54) is 0 Å². The molecule has 3 nitrogen and oxygen atoms in total. The Bertz CT molecular complexity index is 437. The van der Waals surface area contributed by atoms with Gasteiger partial charge in [0, 0.05) is 0 Å². The Kier molecular flexibility index (Phi) is 3.89. The van der Waals surface area contributed by atoms with E-state index in [9.17, 15) is 13.6 Å². The van der Waals surface area contributed by atoms with Crippen LogP contribution in [0.25, 0.3) is 0 Å². The lowest BCUT2D eigenvalue weighted by Gasteiger charge is -2.12. The topological polar surface area (TPSA) is 55.1 Å². The van der Waals surface area contributed by atoms with E-state index in [4.69, 9.17) is 5.73 Å². The summed E-state index contributed by atoms with van der Waals surface area (Å²) in [6.07, 6.45) is 0. The Morgan fingerprint density at radius 1 is 1.50 bits per heavy atom. The number of thiocarbonyl (C=S) groups is 1. The van der Waals surface area contributed by atoms with Crippen molar-refractivity contribution < 1.29 is 13.6 Å². The summed E-state index contributed by atoms with van der Waals surface area (Å²) in [4.78, 5) is 11.6. The second-order valence-corrected chi connectivity index (χ2v) is 3.69.